The Morgan fingerprint density at radius 1 is 1.24 bits per heavy atom. The highest BCUT2D eigenvalue weighted by Crippen LogP contribution is 2.32. The Morgan fingerprint density at radius 3 is 2.81 bits per heavy atom. The number of hydrogen-bond donors (Lipinski definition) is 1. The molecule has 0 spiro atoms. The lowest BCUT2D eigenvalue weighted by molar-refractivity contribution is 0.187. The Bertz CT molecular complexity index is 453. The largest absolute Gasteiger partial charge is 0.379 e. The van der Waals surface area contributed by atoms with Crippen molar-refractivity contribution in [1.82, 2.24) is 20.1 Å². The van der Waals surface area contributed by atoms with Gasteiger partial charge in [0.05, 0.1) is 19.1 Å². The monoisotopic (exact) mass is 292 g/mol. The minimum absolute atomic E-state index is 0.339. The van der Waals surface area contributed by atoms with E-state index in [-0.39, 0.29) is 0 Å². The molecule has 2 unspecified atom stereocenters. The molecule has 1 aliphatic carbocycles. The van der Waals surface area contributed by atoms with E-state index in [1.165, 1.54) is 32.1 Å². The zero-order chi connectivity index (χ0) is 14.7. The first-order chi connectivity index (χ1) is 10.3. The number of rotatable bonds is 5. The number of nitrogens with one attached hydrogen (secondary N) is 1. The van der Waals surface area contributed by atoms with Crippen LogP contribution in [0.15, 0.2) is 0 Å². The van der Waals surface area contributed by atoms with Gasteiger partial charge in [0.25, 0.3) is 0 Å². The zero-order valence-electron chi connectivity index (χ0n) is 13.3. The van der Waals surface area contributed by atoms with Gasteiger partial charge in [0.15, 0.2) is 5.82 Å². The van der Waals surface area contributed by atoms with Crippen LogP contribution in [-0.2, 0) is 11.8 Å². The van der Waals surface area contributed by atoms with Crippen molar-refractivity contribution in [1.29, 1.82) is 0 Å². The fourth-order valence-corrected chi connectivity index (χ4v) is 3.61. The highest BCUT2D eigenvalue weighted by atomic mass is 16.5. The number of nitrogens with zero attached hydrogens (tertiary/aromatic N) is 3. The molecule has 0 aromatic carbocycles. The van der Waals surface area contributed by atoms with Crippen molar-refractivity contribution in [3.63, 3.8) is 0 Å². The van der Waals surface area contributed by atoms with Crippen LogP contribution in [0, 0.1) is 0 Å². The first-order valence-electron chi connectivity index (χ1n) is 8.51. The summed E-state index contributed by atoms with van der Waals surface area (Å²) in [6.07, 6.45) is 7.67. The molecule has 5 heteroatoms. The second-order valence-corrected chi connectivity index (χ2v) is 6.49. The molecule has 0 amide bonds. The van der Waals surface area contributed by atoms with Crippen LogP contribution in [0.25, 0.3) is 0 Å². The fourth-order valence-electron chi connectivity index (χ4n) is 3.61. The maximum Gasteiger partial charge on any atom is 0.154 e. The molecular formula is C16H28N4O. The summed E-state index contributed by atoms with van der Waals surface area (Å²) in [5.74, 6) is 3.07. The van der Waals surface area contributed by atoms with Crippen molar-refractivity contribution in [2.75, 3.05) is 19.8 Å². The van der Waals surface area contributed by atoms with Gasteiger partial charge in [0, 0.05) is 19.0 Å². The third-order valence-corrected chi connectivity index (χ3v) is 4.85. The van der Waals surface area contributed by atoms with Crippen molar-refractivity contribution in [2.45, 2.75) is 63.3 Å². The van der Waals surface area contributed by atoms with Gasteiger partial charge in [-0.1, -0.05) is 26.2 Å². The number of ether oxygens (including phenoxy) is 1. The van der Waals surface area contributed by atoms with Gasteiger partial charge in [-0.05, 0) is 25.8 Å². The van der Waals surface area contributed by atoms with Crippen LogP contribution in [0.2, 0.25) is 0 Å². The minimum atomic E-state index is 0.339. The maximum atomic E-state index is 5.69. The summed E-state index contributed by atoms with van der Waals surface area (Å²) in [7, 11) is 2.03. The average Bonchev–Trinajstić information content (AvgIpc) is 3.12. The Balaban J connectivity index is 1.73. The molecule has 3 rings (SSSR count). The maximum absolute atomic E-state index is 5.69. The highest BCUT2D eigenvalue weighted by molar-refractivity contribution is 5.09. The highest BCUT2D eigenvalue weighted by Gasteiger charge is 2.33. The van der Waals surface area contributed by atoms with E-state index < -0.39 is 0 Å². The zero-order valence-corrected chi connectivity index (χ0v) is 13.3. The predicted octanol–water partition coefficient (Wildman–Crippen LogP) is 2.34. The SMILES string of the molecule is CCCNC1COCC1c1nc(C2CCCCC2)nn1C. The predicted molar refractivity (Wildman–Crippen MR) is 82.5 cm³/mol. The first-order valence-corrected chi connectivity index (χ1v) is 8.51. The van der Waals surface area contributed by atoms with Crippen molar-refractivity contribution < 1.29 is 4.74 Å². The van der Waals surface area contributed by atoms with E-state index in [0.717, 1.165) is 37.8 Å². The molecule has 2 atom stereocenters. The quantitative estimate of drug-likeness (QED) is 0.905. The van der Waals surface area contributed by atoms with Gasteiger partial charge in [-0.2, -0.15) is 5.10 Å². The van der Waals surface area contributed by atoms with E-state index in [2.05, 4.69) is 12.2 Å². The lowest BCUT2D eigenvalue weighted by Crippen LogP contribution is -2.35. The Labute approximate surface area is 127 Å². The molecule has 2 fully saturated rings. The van der Waals surface area contributed by atoms with Gasteiger partial charge < -0.3 is 10.1 Å². The van der Waals surface area contributed by atoms with Crippen molar-refractivity contribution in [2.24, 2.45) is 7.05 Å². The standard InChI is InChI=1S/C16H28N4O/c1-3-9-17-14-11-21-10-13(14)16-18-15(19-20(16)2)12-7-5-4-6-8-12/h12-14,17H,3-11H2,1-2H3. The van der Waals surface area contributed by atoms with Crippen LogP contribution in [0.4, 0.5) is 0 Å². The van der Waals surface area contributed by atoms with Crippen LogP contribution < -0.4 is 5.32 Å². The summed E-state index contributed by atoms with van der Waals surface area (Å²) in [5, 5.41) is 8.31. The molecule has 1 aliphatic heterocycles. The molecule has 1 aromatic heterocycles. The molecule has 1 N–H and O–H groups in total. The Hall–Kier alpha value is -0.940. The van der Waals surface area contributed by atoms with E-state index in [1.54, 1.807) is 0 Å². The molecular weight excluding hydrogens is 264 g/mol. The molecule has 118 valence electrons. The normalized spacial score (nSPS) is 27.3. The van der Waals surface area contributed by atoms with Gasteiger partial charge in [-0.15, -0.1) is 0 Å². The Morgan fingerprint density at radius 2 is 2.05 bits per heavy atom. The summed E-state index contributed by atoms with van der Waals surface area (Å²) in [6.45, 7) is 4.79. The fraction of sp³-hybridized carbons (Fsp3) is 0.875. The third kappa shape index (κ3) is 3.29. The number of aromatic nitrogens is 3. The van der Waals surface area contributed by atoms with E-state index in [4.69, 9.17) is 14.8 Å². The molecule has 2 heterocycles. The van der Waals surface area contributed by atoms with Gasteiger partial charge in [-0.25, -0.2) is 4.98 Å². The molecule has 21 heavy (non-hydrogen) atoms. The number of hydrogen-bond acceptors (Lipinski definition) is 4. The second kappa shape index (κ2) is 6.88. The van der Waals surface area contributed by atoms with Crippen molar-refractivity contribution in [3.05, 3.63) is 11.6 Å². The molecule has 1 saturated heterocycles. The summed E-state index contributed by atoms with van der Waals surface area (Å²) in [4.78, 5) is 4.91. The van der Waals surface area contributed by atoms with Crippen LogP contribution in [-0.4, -0.2) is 40.6 Å². The van der Waals surface area contributed by atoms with Gasteiger partial charge in [0.2, 0.25) is 0 Å². The lowest BCUT2D eigenvalue weighted by Gasteiger charge is -2.18. The third-order valence-electron chi connectivity index (χ3n) is 4.85. The summed E-state index contributed by atoms with van der Waals surface area (Å²) in [6, 6.07) is 0.382. The molecule has 1 saturated carbocycles. The molecule has 0 radical (unpaired) electrons. The van der Waals surface area contributed by atoms with Crippen molar-refractivity contribution in [3.8, 4) is 0 Å². The van der Waals surface area contributed by atoms with Crippen LogP contribution in [0.3, 0.4) is 0 Å². The smallest absolute Gasteiger partial charge is 0.154 e. The summed E-state index contributed by atoms with van der Waals surface area (Å²) in [5.41, 5.74) is 0. The first kappa shape index (κ1) is 15.0. The van der Waals surface area contributed by atoms with Gasteiger partial charge >= 0.3 is 0 Å². The molecule has 5 nitrogen and oxygen atoms in total. The Kier molecular flexibility index (Phi) is 4.91. The van der Waals surface area contributed by atoms with Crippen LogP contribution >= 0.6 is 0 Å². The molecule has 0 bridgehead atoms. The second-order valence-electron chi connectivity index (χ2n) is 6.49. The topological polar surface area (TPSA) is 52.0 Å². The molecule has 2 aliphatic rings. The molecule has 1 aromatic rings. The van der Waals surface area contributed by atoms with E-state index in [9.17, 15) is 0 Å². The van der Waals surface area contributed by atoms with Gasteiger partial charge in [-0.3, -0.25) is 4.68 Å². The van der Waals surface area contributed by atoms with E-state index in [1.807, 2.05) is 11.7 Å². The average molecular weight is 292 g/mol. The lowest BCUT2D eigenvalue weighted by atomic mass is 9.89. The van der Waals surface area contributed by atoms with Crippen LogP contribution in [0.5, 0.6) is 0 Å². The van der Waals surface area contributed by atoms with E-state index >= 15 is 0 Å². The van der Waals surface area contributed by atoms with Crippen LogP contribution in [0.1, 0.15) is 68.9 Å². The van der Waals surface area contributed by atoms with Crippen molar-refractivity contribution >= 4 is 0 Å². The number of aryl methyl sites for hydroxylation is 1. The summed E-state index contributed by atoms with van der Waals surface area (Å²) < 4.78 is 7.68. The van der Waals surface area contributed by atoms with Gasteiger partial charge in [0.1, 0.15) is 5.82 Å². The minimum Gasteiger partial charge on any atom is -0.379 e. The summed E-state index contributed by atoms with van der Waals surface area (Å²) >= 11 is 0. The van der Waals surface area contributed by atoms with E-state index in [0.29, 0.717) is 17.9 Å².